The molecular formula is C15H16N2. The second kappa shape index (κ2) is 6.51. The third-order valence-corrected chi connectivity index (χ3v) is 2.92. The smallest absolute Gasteiger partial charge is 0.129 e. The molecular weight excluding hydrogens is 208 g/mol. The van der Waals surface area contributed by atoms with Crippen LogP contribution in [-0.4, -0.2) is 0 Å². The van der Waals surface area contributed by atoms with Gasteiger partial charge >= 0.3 is 0 Å². The molecule has 0 saturated carbocycles. The van der Waals surface area contributed by atoms with Gasteiger partial charge in [-0.25, -0.2) is 0 Å². The van der Waals surface area contributed by atoms with Gasteiger partial charge in [0, 0.05) is 5.92 Å². The quantitative estimate of drug-likeness (QED) is 0.727. The highest BCUT2D eigenvalue weighted by molar-refractivity contribution is 5.44. The summed E-state index contributed by atoms with van der Waals surface area (Å²) in [6.07, 6.45) is 1.99. The van der Waals surface area contributed by atoms with E-state index in [0.717, 1.165) is 18.4 Å². The minimum Gasteiger partial charge on any atom is -0.192 e. The van der Waals surface area contributed by atoms with Crippen molar-refractivity contribution in [2.24, 2.45) is 0 Å². The maximum atomic E-state index is 8.93. The van der Waals surface area contributed by atoms with E-state index >= 15 is 0 Å². The fourth-order valence-electron chi connectivity index (χ4n) is 1.98. The van der Waals surface area contributed by atoms with Crippen LogP contribution in [0.5, 0.6) is 0 Å². The zero-order chi connectivity index (χ0) is 12.7. The first kappa shape index (κ1) is 13.0. The first-order valence-corrected chi connectivity index (χ1v) is 5.80. The van der Waals surface area contributed by atoms with Crippen LogP contribution in [0, 0.1) is 22.7 Å². The Kier molecular flexibility index (Phi) is 4.98. The molecule has 1 aromatic rings. The van der Waals surface area contributed by atoms with Crippen LogP contribution in [0.15, 0.2) is 41.5 Å². The Morgan fingerprint density at radius 2 is 1.76 bits per heavy atom. The van der Waals surface area contributed by atoms with Crippen LogP contribution in [-0.2, 0) is 0 Å². The second-order valence-electron chi connectivity index (χ2n) is 4.03. The van der Waals surface area contributed by atoms with Gasteiger partial charge in [0.1, 0.15) is 17.7 Å². The SMILES string of the molecule is CCCC(C(C)=C(C#N)C#N)c1ccccc1. The molecule has 0 heterocycles. The van der Waals surface area contributed by atoms with Gasteiger partial charge in [-0.3, -0.25) is 0 Å². The highest BCUT2D eigenvalue weighted by Gasteiger charge is 2.15. The third-order valence-electron chi connectivity index (χ3n) is 2.92. The summed E-state index contributed by atoms with van der Waals surface area (Å²) in [5.74, 6) is 0.176. The van der Waals surface area contributed by atoms with Gasteiger partial charge in [-0.05, 0) is 24.5 Å². The number of benzene rings is 1. The first-order chi connectivity index (χ1) is 8.24. The van der Waals surface area contributed by atoms with Gasteiger partial charge in [0.15, 0.2) is 0 Å². The Balaban J connectivity index is 3.17. The molecule has 86 valence electrons. The van der Waals surface area contributed by atoms with Crippen molar-refractivity contribution in [1.82, 2.24) is 0 Å². The molecule has 1 aromatic carbocycles. The van der Waals surface area contributed by atoms with Crippen molar-refractivity contribution in [2.75, 3.05) is 0 Å². The van der Waals surface area contributed by atoms with Crippen molar-refractivity contribution in [2.45, 2.75) is 32.6 Å². The van der Waals surface area contributed by atoms with Crippen LogP contribution in [0.3, 0.4) is 0 Å². The van der Waals surface area contributed by atoms with Gasteiger partial charge in [-0.15, -0.1) is 0 Å². The van der Waals surface area contributed by atoms with Crippen LogP contribution in [0.4, 0.5) is 0 Å². The van der Waals surface area contributed by atoms with Gasteiger partial charge < -0.3 is 0 Å². The second-order valence-corrected chi connectivity index (χ2v) is 4.03. The Morgan fingerprint density at radius 1 is 1.18 bits per heavy atom. The number of nitrogens with zero attached hydrogens (tertiary/aromatic N) is 2. The molecule has 2 heteroatoms. The largest absolute Gasteiger partial charge is 0.192 e. The van der Waals surface area contributed by atoms with Crippen LogP contribution in [0.2, 0.25) is 0 Å². The van der Waals surface area contributed by atoms with Crippen LogP contribution in [0.1, 0.15) is 38.2 Å². The van der Waals surface area contributed by atoms with Crippen LogP contribution >= 0.6 is 0 Å². The summed E-state index contributed by atoms with van der Waals surface area (Å²) < 4.78 is 0. The van der Waals surface area contributed by atoms with E-state index in [2.05, 4.69) is 19.1 Å². The van der Waals surface area contributed by atoms with Crippen LogP contribution < -0.4 is 0 Å². The fraction of sp³-hybridized carbons (Fsp3) is 0.333. The lowest BCUT2D eigenvalue weighted by atomic mass is 9.86. The number of hydrogen-bond acceptors (Lipinski definition) is 2. The van der Waals surface area contributed by atoms with Crippen molar-refractivity contribution in [3.63, 3.8) is 0 Å². The minimum absolute atomic E-state index is 0.176. The molecule has 1 rings (SSSR count). The fourth-order valence-corrected chi connectivity index (χ4v) is 1.98. The Bertz CT molecular complexity index is 456. The zero-order valence-corrected chi connectivity index (χ0v) is 10.3. The van der Waals surface area contributed by atoms with Gasteiger partial charge in [0.25, 0.3) is 0 Å². The summed E-state index contributed by atoms with van der Waals surface area (Å²) in [6.45, 7) is 4.00. The normalized spacial score (nSPS) is 11.1. The molecule has 1 unspecified atom stereocenters. The van der Waals surface area contributed by atoms with E-state index in [1.807, 2.05) is 37.3 Å². The molecule has 1 atom stereocenters. The molecule has 0 aliphatic rings. The number of rotatable bonds is 4. The summed E-state index contributed by atoms with van der Waals surface area (Å²) >= 11 is 0. The van der Waals surface area contributed by atoms with Crippen molar-refractivity contribution in [1.29, 1.82) is 10.5 Å². The molecule has 0 spiro atoms. The summed E-state index contributed by atoms with van der Waals surface area (Å²) in [5, 5.41) is 17.9. The van der Waals surface area contributed by atoms with E-state index in [4.69, 9.17) is 10.5 Å². The number of nitriles is 2. The minimum atomic E-state index is 0.176. The molecule has 17 heavy (non-hydrogen) atoms. The van der Waals surface area contributed by atoms with E-state index in [-0.39, 0.29) is 11.5 Å². The lowest BCUT2D eigenvalue weighted by Crippen LogP contribution is -2.02. The van der Waals surface area contributed by atoms with Gasteiger partial charge in [0.2, 0.25) is 0 Å². The van der Waals surface area contributed by atoms with Crippen molar-refractivity contribution in [3.05, 3.63) is 47.0 Å². The van der Waals surface area contributed by atoms with Gasteiger partial charge in [-0.1, -0.05) is 43.7 Å². The molecule has 2 nitrogen and oxygen atoms in total. The topological polar surface area (TPSA) is 47.6 Å². The van der Waals surface area contributed by atoms with E-state index < -0.39 is 0 Å². The Labute approximate surface area is 103 Å². The van der Waals surface area contributed by atoms with Crippen molar-refractivity contribution < 1.29 is 0 Å². The third kappa shape index (κ3) is 3.20. The molecule has 0 radical (unpaired) electrons. The van der Waals surface area contributed by atoms with Crippen molar-refractivity contribution in [3.8, 4) is 12.1 Å². The molecule has 0 N–H and O–H groups in total. The molecule has 0 amide bonds. The maximum absolute atomic E-state index is 8.93. The predicted octanol–water partition coefficient (Wildman–Crippen LogP) is 3.93. The van der Waals surface area contributed by atoms with E-state index in [1.54, 1.807) is 0 Å². The molecule has 0 bridgehead atoms. The Morgan fingerprint density at radius 3 is 2.24 bits per heavy atom. The van der Waals surface area contributed by atoms with Gasteiger partial charge in [-0.2, -0.15) is 10.5 Å². The summed E-state index contributed by atoms with van der Waals surface area (Å²) in [7, 11) is 0. The van der Waals surface area contributed by atoms with Crippen LogP contribution in [0.25, 0.3) is 0 Å². The number of allylic oxidation sites excluding steroid dienone is 2. The van der Waals surface area contributed by atoms with E-state index in [0.29, 0.717) is 0 Å². The Hall–Kier alpha value is -2.06. The van der Waals surface area contributed by atoms with Crippen molar-refractivity contribution >= 4 is 0 Å². The zero-order valence-electron chi connectivity index (χ0n) is 10.3. The average molecular weight is 224 g/mol. The molecule has 0 aromatic heterocycles. The molecule has 0 aliphatic heterocycles. The lowest BCUT2D eigenvalue weighted by molar-refractivity contribution is 0.684. The van der Waals surface area contributed by atoms with E-state index in [9.17, 15) is 0 Å². The number of hydrogen-bond donors (Lipinski definition) is 0. The molecule has 0 fully saturated rings. The highest BCUT2D eigenvalue weighted by atomic mass is 14.3. The standard InChI is InChI=1S/C15H16N2/c1-3-7-15(12(2)14(10-16)11-17)13-8-5-4-6-9-13/h4-6,8-9,15H,3,7H2,1-2H3. The average Bonchev–Trinajstić information content (AvgIpc) is 2.38. The summed E-state index contributed by atoms with van der Waals surface area (Å²) in [5.41, 5.74) is 2.30. The monoisotopic (exact) mass is 224 g/mol. The predicted molar refractivity (Wildman–Crippen MR) is 68.0 cm³/mol. The molecule has 0 saturated heterocycles. The summed E-state index contributed by atoms with van der Waals surface area (Å²) in [4.78, 5) is 0. The summed E-state index contributed by atoms with van der Waals surface area (Å²) in [6, 6.07) is 14.0. The lowest BCUT2D eigenvalue weighted by Gasteiger charge is -2.17. The van der Waals surface area contributed by atoms with Gasteiger partial charge in [0.05, 0.1) is 0 Å². The maximum Gasteiger partial charge on any atom is 0.129 e. The first-order valence-electron chi connectivity index (χ1n) is 5.80. The highest BCUT2D eigenvalue weighted by Crippen LogP contribution is 2.30. The molecule has 0 aliphatic carbocycles. The van der Waals surface area contributed by atoms with E-state index in [1.165, 1.54) is 5.56 Å².